The number of ether oxygens (including phenoxy) is 5. The Morgan fingerprint density at radius 3 is 1.28 bits per heavy atom. The molecule has 2 saturated heterocycles. The molecular weight excluding hydrogens is 1060 g/mol. The maximum Gasteiger partial charge on any atom is 0.397 e. The number of unbranched alkanes of at least 4 members (excludes halogenated alkanes) is 33. The second-order valence-corrected chi connectivity index (χ2v) is 25.6. The Morgan fingerprint density at radius 2 is 0.877 bits per heavy atom. The number of hydrogen-bond donors (Lipinski definition) is 6. The molecule has 478 valence electrons. The Bertz CT molecular complexity index is 1700. The van der Waals surface area contributed by atoms with Crippen LogP contribution in [-0.2, 0) is 47.9 Å². The fourth-order valence-electron chi connectivity index (χ4n) is 11.9. The summed E-state index contributed by atoms with van der Waals surface area (Å²) in [4.78, 5) is 27.5. The molecule has 0 unspecified atom stereocenters. The minimum atomic E-state index is -5.32. The van der Waals surface area contributed by atoms with Gasteiger partial charge in [0.05, 0.1) is 13.2 Å². The number of aliphatic hydroxyl groups excluding tert-OH is 5. The Kier molecular flexibility index (Phi) is 43.2. The monoisotopic (exact) mass is 1180 g/mol. The highest BCUT2D eigenvalue weighted by Crippen LogP contribution is 2.34. The highest BCUT2D eigenvalue weighted by Gasteiger charge is 2.54. The second-order valence-electron chi connectivity index (χ2n) is 24.6. The Labute approximate surface area is 492 Å². The maximum absolute atomic E-state index is 13.9. The molecule has 2 aliphatic rings. The number of hydrogen-bond acceptors (Lipinski definition) is 15. The van der Waals surface area contributed by atoms with Gasteiger partial charge in [-0.15, -0.1) is 0 Å². The molecule has 13 atom stereocenters. The van der Waals surface area contributed by atoms with Gasteiger partial charge in [0.15, 0.2) is 24.6 Å². The van der Waals surface area contributed by atoms with E-state index in [1.54, 1.807) is 13.0 Å². The molecule has 0 aliphatic carbocycles. The topological polar surface area (TPSA) is 245 Å². The highest BCUT2D eigenvalue weighted by molar-refractivity contribution is 7.80. The number of allylic oxidation sites excluding steroid dienone is 1. The van der Waals surface area contributed by atoms with Gasteiger partial charge in [0.1, 0.15) is 30.5 Å². The van der Waals surface area contributed by atoms with Crippen molar-refractivity contribution < 1.29 is 76.0 Å². The molecule has 0 aromatic rings. The van der Waals surface area contributed by atoms with Crippen molar-refractivity contribution in [2.45, 2.75) is 353 Å². The number of rotatable bonds is 51. The molecule has 0 bridgehead atoms. The second kappa shape index (κ2) is 46.4. The van der Waals surface area contributed by atoms with Crippen LogP contribution >= 0.6 is 0 Å². The van der Waals surface area contributed by atoms with Gasteiger partial charge in [-0.1, -0.05) is 265 Å². The zero-order valence-electron chi connectivity index (χ0n) is 51.7. The normalized spacial score (nSPS) is 24.7. The van der Waals surface area contributed by atoms with E-state index in [1.807, 2.05) is 6.92 Å². The molecule has 2 fully saturated rings. The van der Waals surface area contributed by atoms with Crippen molar-refractivity contribution in [1.82, 2.24) is 0 Å². The van der Waals surface area contributed by atoms with Gasteiger partial charge in [-0.05, 0) is 43.9 Å². The molecule has 6 N–H and O–H groups in total. The first kappa shape index (κ1) is 75.3. The van der Waals surface area contributed by atoms with E-state index in [1.165, 1.54) is 199 Å². The van der Waals surface area contributed by atoms with Crippen molar-refractivity contribution in [2.24, 2.45) is 17.8 Å². The van der Waals surface area contributed by atoms with Crippen LogP contribution in [0, 0.1) is 17.8 Å². The van der Waals surface area contributed by atoms with Crippen molar-refractivity contribution in [3.05, 3.63) is 11.6 Å². The van der Waals surface area contributed by atoms with E-state index in [-0.39, 0.29) is 17.9 Å². The Hall–Kier alpha value is -1.77. The first-order chi connectivity index (χ1) is 39.0. The van der Waals surface area contributed by atoms with Gasteiger partial charge in [0.2, 0.25) is 6.29 Å². The molecule has 0 radical (unpaired) electrons. The summed E-state index contributed by atoms with van der Waals surface area (Å²) >= 11 is 0. The van der Waals surface area contributed by atoms with E-state index in [9.17, 15) is 48.1 Å². The van der Waals surface area contributed by atoms with Crippen molar-refractivity contribution in [2.75, 3.05) is 13.2 Å². The Balaban J connectivity index is 1.97. The molecule has 16 nitrogen and oxygen atoms in total. The summed E-state index contributed by atoms with van der Waals surface area (Å²) in [7, 11) is -5.32. The summed E-state index contributed by atoms with van der Waals surface area (Å²) in [5.41, 5.74) is 0.228. The molecule has 0 amide bonds. The largest absolute Gasteiger partial charge is 0.453 e. The molecule has 2 heterocycles. The fraction of sp³-hybridized carbons (Fsp3) is 0.938. The van der Waals surface area contributed by atoms with Crippen LogP contribution in [0.4, 0.5) is 0 Å². The molecule has 81 heavy (non-hydrogen) atoms. The zero-order chi connectivity index (χ0) is 59.7. The number of carbonyl (C=O) groups is 2. The van der Waals surface area contributed by atoms with Crippen LogP contribution in [-0.4, -0.2) is 125 Å². The Morgan fingerprint density at radius 1 is 0.494 bits per heavy atom. The van der Waals surface area contributed by atoms with Gasteiger partial charge in [0.25, 0.3) is 0 Å². The van der Waals surface area contributed by atoms with Crippen LogP contribution in [0.5, 0.6) is 0 Å². The standard InChI is InChI=1S/C64H120O16S/c1-7-9-11-13-15-17-19-21-23-24-25-26-27-28-29-31-33-35-37-39-41-43-55(67)77-61-59(57(69)54(48-66)76-64(61)79-63-60(80-81(72,73)74)58(70)56(68)53(47-65)75-63)78-62(71)52(6)46-51(5)45-50(4)44-49(3)42-40-38-36-34-32-30-22-20-18-16-14-12-10-8-2/h46,49-51,53-54,56-61,63-66,68-70H,7-45,47-48H2,1-6H3,(H,72,73,74)/b52-46+/t49-,50-,51-,53+,54+,56+,57+,58-,59-,60+,61+,63+,64+/m0/s1. The minimum Gasteiger partial charge on any atom is -0.453 e. The van der Waals surface area contributed by atoms with Gasteiger partial charge in [-0.2, -0.15) is 8.42 Å². The summed E-state index contributed by atoms with van der Waals surface area (Å²) in [5.74, 6) is -0.658. The van der Waals surface area contributed by atoms with E-state index in [4.69, 9.17) is 23.7 Å². The SMILES string of the molecule is CCCCCCCCCCCCCCCCCCCCCCCC(=O)O[C@H]1[C@@H](O[C@H]2O[C@H](CO)[C@@H](O)[C@H](O)[C@H]2OS(=O)(=O)O)O[C@H](CO)[C@@H](O)[C@@H]1OC(=O)/C(C)=C/[C@@H](C)C[C@@H](C)C[C@@H](C)CCCCCCCCCCCCCCCC. The highest BCUT2D eigenvalue weighted by atomic mass is 32.3. The van der Waals surface area contributed by atoms with E-state index < -0.39 is 97.0 Å². The molecule has 0 spiro atoms. The summed E-state index contributed by atoms with van der Waals surface area (Å²) in [6.07, 6.45) is 30.6. The lowest BCUT2D eigenvalue weighted by Gasteiger charge is -2.46. The van der Waals surface area contributed by atoms with Gasteiger partial charge < -0.3 is 49.2 Å². The van der Waals surface area contributed by atoms with E-state index >= 15 is 0 Å². The minimum absolute atomic E-state index is 0.0197. The lowest BCUT2D eigenvalue weighted by molar-refractivity contribution is -0.374. The van der Waals surface area contributed by atoms with E-state index in [2.05, 4.69) is 31.9 Å². The molecule has 0 aromatic heterocycles. The predicted octanol–water partition coefficient (Wildman–Crippen LogP) is 13.6. The average molecular weight is 1180 g/mol. The van der Waals surface area contributed by atoms with Crippen LogP contribution in [0.2, 0.25) is 0 Å². The van der Waals surface area contributed by atoms with Gasteiger partial charge in [-0.3, -0.25) is 9.35 Å². The predicted molar refractivity (Wildman–Crippen MR) is 319 cm³/mol. The van der Waals surface area contributed by atoms with Crippen molar-refractivity contribution in [1.29, 1.82) is 0 Å². The third kappa shape index (κ3) is 34.8. The summed E-state index contributed by atoms with van der Waals surface area (Å²) < 4.78 is 67.2. The number of carbonyl (C=O) groups excluding carboxylic acids is 2. The molecular formula is C64H120O16S. The molecule has 0 aromatic carbocycles. The molecule has 2 aliphatic heterocycles. The molecule has 2 rings (SSSR count). The lowest BCUT2D eigenvalue weighted by atomic mass is 9.86. The first-order valence-corrected chi connectivity index (χ1v) is 34.3. The summed E-state index contributed by atoms with van der Waals surface area (Å²) in [6.45, 7) is 10.9. The molecule has 0 saturated carbocycles. The lowest BCUT2D eigenvalue weighted by Crippen LogP contribution is -2.65. The fourth-order valence-corrected chi connectivity index (χ4v) is 12.4. The average Bonchev–Trinajstić information content (AvgIpc) is 3.42. The number of aliphatic hydroxyl groups is 5. The van der Waals surface area contributed by atoms with Crippen LogP contribution < -0.4 is 0 Å². The molecule has 17 heteroatoms. The zero-order valence-corrected chi connectivity index (χ0v) is 52.6. The van der Waals surface area contributed by atoms with E-state index in [0.29, 0.717) is 18.3 Å². The van der Waals surface area contributed by atoms with Gasteiger partial charge in [0, 0.05) is 12.0 Å². The van der Waals surface area contributed by atoms with Crippen LogP contribution in [0.25, 0.3) is 0 Å². The van der Waals surface area contributed by atoms with Crippen molar-refractivity contribution in [3.8, 4) is 0 Å². The third-order valence-corrected chi connectivity index (χ3v) is 17.1. The van der Waals surface area contributed by atoms with Crippen molar-refractivity contribution >= 4 is 22.3 Å². The maximum atomic E-state index is 13.9. The summed E-state index contributed by atoms with van der Waals surface area (Å²) in [6, 6.07) is 0. The van der Waals surface area contributed by atoms with Crippen LogP contribution in [0.15, 0.2) is 11.6 Å². The first-order valence-electron chi connectivity index (χ1n) is 32.9. The van der Waals surface area contributed by atoms with Gasteiger partial charge in [-0.25, -0.2) is 8.98 Å². The quantitative estimate of drug-likeness (QED) is 0.0143. The van der Waals surface area contributed by atoms with Gasteiger partial charge >= 0.3 is 22.3 Å². The van der Waals surface area contributed by atoms with Crippen molar-refractivity contribution in [3.63, 3.8) is 0 Å². The van der Waals surface area contributed by atoms with Crippen LogP contribution in [0.1, 0.15) is 292 Å². The third-order valence-electron chi connectivity index (χ3n) is 16.6. The number of esters is 2. The summed E-state index contributed by atoms with van der Waals surface area (Å²) in [5, 5.41) is 53.2. The van der Waals surface area contributed by atoms with Crippen LogP contribution in [0.3, 0.4) is 0 Å². The van der Waals surface area contributed by atoms with E-state index in [0.717, 1.165) is 38.5 Å². The smallest absolute Gasteiger partial charge is 0.397 e.